The quantitative estimate of drug-likeness (QED) is 0.651. The number of benzene rings is 2. The molecule has 1 aromatic heterocycles. The smallest absolute Gasteiger partial charge is 0.248 e. The molecule has 0 bridgehead atoms. The van der Waals surface area contributed by atoms with E-state index in [1.165, 1.54) is 0 Å². The van der Waals surface area contributed by atoms with E-state index in [2.05, 4.69) is 10.3 Å². The zero-order chi connectivity index (χ0) is 16.9. The maximum absolute atomic E-state index is 12.1. The van der Waals surface area contributed by atoms with Gasteiger partial charge in [0.05, 0.1) is 0 Å². The minimum absolute atomic E-state index is 0.0234. The molecule has 0 saturated heterocycles. The summed E-state index contributed by atoms with van der Waals surface area (Å²) in [7, 11) is 0. The molecule has 3 rings (SSSR count). The number of para-hydroxylation sites is 1. The Labute approximate surface area is 139 Å². The van der Waals surface area contributed by atoms with Crippen molar-refractivity contribution in [3.8, 4) is 0 Å². The van der Waals surface area contributed by atoms with Crippen LogP contribution in [-0.2, 0) is 17.8 Å². The van der Waals surface area contributed by atoms with Gasteiger partial charge in [-0.05, 0) is 35.7 Å². The van der Waals surface area contributed by atoms with E-state index in [0.717, 1.165) is 22.0 Å². The lowest BCUT2D eigenvalue weighted by atomic mass is 10.1. The monoisotopic (exact) mass is 321 g/mol. The lowest BCUT2D eigenvalue weighted by molar-refractivity contribution is -0.121. The van der Waals surface area contributed by atoms with E-state index in [4.69, 9.17) is 5.73 Å². The van der Waals surface area contributed by atoms with E-state index in [9.17, 15) is 9.59 Å². The van der Waals surface area contributed by atoms with Crippen LogP contribution in [0.4, 0.5) is 0 Å². The van der Waals surface area contributed by atoms with Crippen LogP contribution >= 0.6 is 0 Å². The van der Waals surface area contributed by atoms with Gasteiger partial charge < -0.3 is 16.0 Å². The van der Waals surface area contributed by atoms with E-state index in [0.29, 0.717) is 24.9 Å². The number of nitrogens with two attached hydrogens (primary N) is 1. The molecule has 0 spiro atoms. The summed E-state index contributed by atoms with van der Waals surface area (Å²) in [5, 5.41) is 4.03. The van der Waals surface area contributed by atoms with E-state index < -0.39 is 5.91 Å². The number of hydrogen-bond donors (Lipinski definition) is 3. The molecular formula is C19H19N3O2. The Hall–Kier alpha value is -3.08. The molecule has 0 unspecified atom stereocenters. The molecule has 4 N–H and O–H groups in total. The van der Waals surface area contributed by atoms with Gasteiger partial charge in [0.15, 0.2) is 0 Å². The second-order valence-corrected chi connectivity index (χ2v) is 5.70. The second kappa shape index (κ2) is 7.00. The summed E-state index contributed by atoms with van der Waals surface area (Å²) in [6.07, 6.45) is 3.04. The number of primary amides is 1. The first-order chi connectivity index (χ1) is 11.6. The summed E-state index contributed by atoms with van der Waals surface area (Å²) in [6, 6.07) is 15.0. The van der Waals surface area contributed by atoms with Crippen molar-refractivity contribution < 1.29 is 9.59 Å². The van der Waals surface area contributed by atoms with Gasteiger partial charge >= 0.3 is 0 Å². The molecule has 2 amide bonds. The standard InChI is InChI=1S/C19H19N3O2/c20-19(24)14-5-3-4-13(10-14)11-22-18(23)9-8-15-12-21-17-7-2-1-6-16(15)17/h1-7,10,12,21H,8-9,11H2,(H2,20,24)(H,22,23). The minimum Gasteiger partial charge on any atom is -0.366 e. The summed E-state index contributed by atoms with van der Waals surface area (Å²) >= 11 is 0. The third-order valence-electron chi connectivity index (χ3n) is 4.00. The van der Waals surface area contributed by atoms with Crippen molar-refractivity contribution in [2.45, 2.75) is 19.4 Å². The predicted molar refractivity (Wildman–Crippen MR) is 93.4 cm³/mol. The van der Waals surface area contributed by atoms with Crippen LogP contribution in [0.5, 0.6) is 0 Å². The van der Waals surface area contributed by atoms with Crippen LogP contribution in [0, 0.1) is 0 Å². The summed E-state index contributed by atoms with van der Waals surface area (Å²) < 4.78 is 0. The zero-order valence-electron chi connectivity index (χ0n) is 13.2. The molecule has 0 aliphatic rings. The Kier molecular flexibility index (Phi) is 4.61. The predicted octanol–water partition coefficient (Wildman–Crippen LogP) is 2.52. The molecule has 0 atom stereocenters. The fourth-order valence-corrected chi connectivity index (χ4v) is 2.71. The highest BCUT2D eigenvalue weighted by atomic mass is 16.1. The van der Waals surface area contributed by atoms with Crippen LogP contribution in [0.1, 0.15) is 27.9 Å². The van der Waals surface area contributed by atoms with Crippen molar-refractivity contribution in [3.63, 3.8) is 0 Å². The highest BCUT2D eigenvalue weighted by molar-refractivity contribution is 5.92. The molecule has 122 valence electrons. The van der Waals surface area contributed by atoms with Crippen molar-refractivity contribution in [3.05, 3.63) is 71.4 Å². The third-order valence-corrected chi connectivity index (χ3v) is 4.00. The van der Waals surface area contributed by atoms with Crippen molar-refractivity contribution >= 4 is 22.7 Å². The van der Waals surface area contributed by atoms with Crippen LogP contribution in [-0.4, -0.2) is 16.8 Å². The van der Waals surface area contributed by atoms with Gasteiger partial charge in [0.1, 0.15) is 0 Å². The third kappa shape index (κ3) is 3.63. The van der Waals surface area contributed by atoms with Crippen molar-refractivity contribution in [1.29, 1.82) is 0 Å². The van der Waals surface area contributed by atoms with Gasteiger partial charge in [0, 0.05) is 35.6 Å². The van der Waals surface area contributed by atoms with Gasteiger partial charge in [-0.25, -0.2) is 0 Å². The Balaban J connectivity index is 1.54. The Morgan fingerprint density at radius 1 is 1.08 bits per heavy atom. The fraction of sp³-hybridized carbons (Fsp3) is 0.158. The van der Waals surface area contributed by atoms with E-state index >= 15 is 0 Å². The number of amides is 2. The number of aromatic amines is 1. The Morgan fingerprint density at radius 2 is 1.92 bits per heavy atom. The number of nitrogens with one attached hydrogen (secondary N) is 2. The first-order valence-corrected chi connectivity index (χ1v) is 7.84. The van der Waals surface area contributed by atoms with Gasteiger partial charge in [0.25, 0.3) is 0 Å². The minimum atomic E-state index is -0.470. The van der Waals surface area contributed by atoms with Crippen LogP contribution in [0.15, 0.2) is 54.7 Å². The van der Waals surface area contributed by atoms with Gasteiger partial charge in [-0.15, -0.1) is 0 Å². The van der Waals surface area contributed by atoms with Crippen LogP contribution in [0.2, 0.25) is 0 Å². The molecule has 0 fully saturated rings. The first-order valence-electron chi connectivity index (χ1n) is 7.84. The normalized spacial score (nSPS) is 10.7. The number of aryl methyl sites for hydroxylation is 1. The maximum atomic E-state index is 12.1. The van der Waals surface area contributed by atoms with Crippen LogP contribution < -0.4 is 11.1 Å². The summed E-state index contributed by atoms with van der Waals surface area (Å²) in [4.78, 5) is 26.4. The van der Waals surface area contributed by atoms with E-state index in [-0.39, 0.29) is 5.91 Å². The fourth-order valence-electron chi connectivity index (χ4n) is 2.71. The van der Waals surface area contributed by atoms with Crippen molar-refractivity contribution in [2.24, 2.45) is 5.73 Å². The first kappa shape index (κ1) is 15.8. The molecule has 3 aromatic rings. The Bertz CT molecular complexity index is 883. The van der Waals surface area contributed by atoms with Gasteiger partial charge in [0.2, 0.25) is 11.8 Å². The number of H-pyrrole nitrogens is 1. The molecule has 0 saturated carbocycles. The topological polar surface area (TPSA) is 88.0 Å². The molecule has 0 aliphatic carbocycles. The number of carbonyl (C=O) groups is 2. The van der Waals surface area contributed by atoms with Crippen molar-refractivity contribution in [2.75, 3.05) is 0 Å². The number of hydrogen-bond acceptors (Lipinski definition) is 2. The van der Waals surface area contributed by atoms with Crippen molar-refractivity contribution in [1.82, 2.24) is 10.3 Å². The lowest BCUT2D eigenvalue weighted by Gasteiger charge is -2.06. The zero-order valence-corrected chi connectivity index (χ0v) is 13.2. The van der Waals surface area contributed by atoms with Crippen LogP contribution in [0.25, 0.3) is 10.9 Å². The van der Waals surface area contributed by atoms with Crippen LogP contribution in [0.3, 0.4) is 0 Å². The summed E-state index contributed by atoms with van der Waals surface area (Å²) in [5.74, 6) is -0.493. The average molecular weight is 321 g/mol. The van der Waals surface area contributed by atoms with E-state index in [1.54, 1.807) is 18.2 Å². The second-order valence-electron chi connectivity index (χ2n) is 5.70. The summed E-state index contributed by atoms with van der Waals surface area (Å²) in [5.41, 5.74) is 8.77. The number of rotatable bonds is 6. The largest absolute Gasteiger partial charge is 0.366 e. The lowest BCUT2D eigenvalue weighted by Crippen LogP contribution is -2.23. The number of aromatic nitrogens is 1. The molecular weight excluding hydrogens is 302 g/mol. The molecule has 0 aliphatic heterocycles. The summed E-state index contributed by atoms with van der Waals surface area (Å²) in [6.45, 7) is 0.383. The molecule has 1 heterocycles. The maximum Gasteiger partial charge on any atom is 0.248 e. The molecule has 5 nitrogen and oxygen atoms in total. The molecule has 24 heavy (non-hydrogen) atoms. The molecule has 5 heteroatoms. The van der Waals surface area contributed by atoms with Gasteiger partial charge in [-0.3, -0.25) is 9.59 Å². The highest BCUT2D eigenvalue weighted by Crippen LogP contribution is 2.18. The Morgan fingerprint density at radius 3 is 2.75 bits per heavy atom. The SMILES string of the molecule is NC(=O)c1cccc(CNC(=O)CCc2c[nH]c3ccccc23)c1. The number of fused-ring (bicyclic) bond motifs is 1. The number of carbonyl (C=O) groups excluding carboxylic acids is 2. The van der Waals surface area contributed by atoms with Gasteiger partial charge in [-0.2, -0.15) is 0 Å². The molecule has 2 aromatic carbocycles. The molecule has 0 radical (unpaired) electrons. The average Bonchev–Trinajstić information content (AvgIpc) is 3.01. The van der Waals surface area contributed by atoms with E-state index in [1.807, 2.05) is 36.5 Å². The highest BCUT2D eigenvalue weighted by Gasteiger charge is 2.07. The van der Waals surface area contributed by atoms with Gasteiger partial charge in [-0.1, -0.05) is 30.3 Å².